The van der Waals surface area contributed by atoms with E-state index in [9.17, 15) is 31.5 Å². The summed E-state index contributed by atoms with van der Waals surface area (Å²) in [6.45, 7) is 0.935. The maximum atomic E-state index is 13.3. The molecule has 156 valence electrons. The molecule has 1 atom stereocenters. The van der Waals surface area contributed by atoms with E-state index in [1.54, 1.807) is 5.32 Å². The topological polar surface area (TPSA) is 75.4 Å². The highest BCUT2D eigenvalue weighted by atomic mass is 19.4. The Balaban J connectivity index is 1.71. The standard InChI is InChI=1S/C18H16F5N3O3/c1-9(18(21,22)23)24-17(28)16-11-8-26(5-4-14(11)25-29-16)15(27)7-10-2-3-12(19)13(20)6-10/h2-3,6,9H,4-5,7-8H2,1H3,(H,24,28)/t9-/m1/s1. The van der Waals surface area contributed by atoms with Crippen molar-refractivity contribution in [2.75, 3.05) is 6.54 Å². The first-order valence-corrected chi connectivity index (χ1v) is 8.63. The summed E-state index contributed by atoms with van der Waals surface area (Å²) in [6, 6.07) is 1.02. The van der Waals surface area contributed by atoms with Crippen molar-refractivity contribution >= 4 is 11.8 Å². The van der Waals surface area contributed by atoms with Crippen LogP contribution in [-0.4, -0.2) is 40.6 Å². The zero-order chi connectivity index (χ0) is 21.3. The Hall–Kier alpha value is -2.98. The average Bonchev–Trinajstić information content (AvgIpc) is 3.07. The van der Waals surface area contributed by atoms with Gasteiger partial charge in [-0.1, -0.05) is 11.2 Å². The molecule has 0 saturated carbocycles. The quantitative estimate of drug-likeness (QED) is 0.777. The van der Waals surface area contributed by atoms with Gasteiger partial charge in [0.2, 0.25) is 11.7 Å². The summed E-state index contributed by atoms with van der Waals surface area (Å²) >= 11 is 0. The number of benzene rings is 1. The largest absolute Gasteiger partial charge is 0.408 e. The van der Waals surface area contributed by atoms with Gasteiger partial charge in [-0.25, -0.2) is 8.78 Å². The number of fused-ring (bicyclic) bond motifs is 1. The van der Waals surface area contributed by atoms with E-state index in [2.05, 4.69) is 5.16 Å². The predicted octanol–water partition coefficient (Wildman–Crippen LogP) is 2.76. The smallest absolute Gasteiger partial charge is 0.350 e. The third kappa shape index (κ3) is 4.54. The van der Waals surface area contributed by atoms with Gasteiger partial charge >= 0.3 is 6.18 Å². The van der Waals surface area contributed by atoms with Crippen LogP contribution in [0.2, 0.25) is 0 Å². The number of carbonyl (C=O) groups excluding carboxylic acids is 2. The number of nitrogens with one attached hydrogen (secondary N) is 1. The molecule has 0 saturated heterocycles. The molecule has 0 aliphatic carbocycles. The number of hydrogen-bond acceptors (Lipinski definition) is 4. The predicted molar refractivity (Wildman–Crippen MR) is 88.7 cm³/mol. The molecule has 6 nitrogen and oxygen atoms in total. The molecule has 11 heteroatoms. The molecule has 0 spiro atoms. The fraction of sp³-hybridized carbons (Fsp3) is 0.389. The van der Waals surface area contributed by atoms with Crippen molar-refractivity contribution in [1.82, 2.24) is 15.4 Å². The number of halogens is 5. The Bertz CT molecular complexity index is 941. The van der Waals surface area contributed by atoms with Crippen LogP contribution in [-0.2, 0) is 24.2 Å². The molecule has 1 aromatic carbocycles. The summed E-state index contributed by atoms with van der Waals surface area (Å²) in [5, 5.41) is 5.49. The average molecular weight is 417 g/mol. The van der Waals surface area contributed by atoms with Crippen LogP contribution < -0.4 is 5.32 Å². The Morgan fingerprint density at radius 2 is 2.00 bits per heavy atom. The first-order chi connectivity index (χ1) is 13.6. The number of alkyl halides is 3. The molecule has 0 unspecified atom stereocenters. The van der Waals surface area contributed by atoms with Crippen molar-refractivity contribution < 1.29 is 36.1 Å². The molecule has 1 aliphatic rings. The van der Waals surface area contributed by atoms with Gasteiger partial charge < -0.3 is 14.7 Å². The normalized spacial score (nSPS) is 15.0. The number of amides is 2. The van der Waals surface area contributed by atoms with E-state index in [0.29, 0.717) is 5.69 Å². The third-order valence-corrected chi connectivity index (χ3v) is 4.57. The van der Waals surface area contributed by atoms with Gasteiger partial charge in [0, 0.05) is 18.5 Å². The van der Waals surface area contributed by atoms with Crippen LogP contribution in [0.5, 0.6) is 0 Å². The van der Waals surface area contributed by atoms with Crippen LogP contribution in [0.1, 0.15) is 34.3 Å². The summed E-state index contributed by atoms with van der Waals surface area (Å²) in [7, 11) is 0. The van der Waals surface area contributed by atoms with Crippen molar-refractivity contribution in [3.05, 3.63) is 52.4 Å². The zero-order valence-electron chi connectivity index (χ0n) is 15.1. The summed E-state index contributed by atoms with van der Waals surface area (Å²) in [4.78, 5) is 26.0. The molecule has 0 fully saturated rings. The highest BCUT2D eigenvalue weighted by Gasteiger charge is 2.39. The summed E-state index contributed by atoms with van der Waals surface area (Å²) in [5.74, 6) is -4.00. The molecule has 0 bridgehead atoms. The number of nitrogens with zero attached hydrogens (tertiary/aromatic N) is 2. The molecule has 2 heterocycles. The van der Waals surface area contributed by atoms with E-state index in [-0.39, 0.29) is 42.8 Å². The molecule has 2 aromatic rings. The van der Waals surface area contributed by atoms with Crippen molar-refractivity contribution in [2.45, 2.75) is 38.5 Å². The molecular formula is C18H16F5N3O3. The summed E-state index contributed by atoms with van der Waals surface area (Å²) < 4.78 is 69.2. The maximum Gasteiger partial charge on any atom is 0.408 e. The fourth-order valence-corrected chi connectivity index (χ4v) is 2.88. The van der Waals surface area contributed by atoms with Crippen LogP contribution in [0, 0.1) is 11.6 Å². The van der Waals surface area contributed by atoms with E-state index < -0.39 is 35.7 Å². The second-order valence-electron chi connectivity index (χ2n) is 6.66. The second-order valence-corrected chi connectivity index (χ2v) is 6.66. The van der Waals surface area contributed by atoms with Crippen LogP contribution in [0.15, 0.2) is 22.7 Å². The van der Waals surface area contributed by atoms with Gasteiger partial charge in [-0.3, -0.25) is 9.59 Å². The maximum absolute atomic E-state index is 13.3. The van der Waals surface area contributed by atoms with E-state index in [1.807, 2.05) is 0 Å². The van der Waals surface area contributed by atoms with Crippen molar-refractivity contribution in [1.29, 1.82) is 0 Å². The van der Waals surface area contributed by atoms with Crippen molar-refractivity contribution in [3.63, 3.8) is 0 Å². The first kappa shape index (κ1) is 20.7. The van der Waals surface area contributed by atoms with Gasteiger partial charge in [-0.05, 0) is 24.6 Å². The summed E-state index contributed by atoms with van der Waals surface area (Å²) in [5.41, 5.74) is 0.871. The van der Waals surface area contributed by atoms with E-state index in [1.165, 1.54) is 11.0 Å². The Morgan fingerprint density at radius 1 is 1.28 bits per heavy atom. The minimum atomic E-state index is -4.62. The second kappa shape index (κ2) is 7.80. The minimum Gasteiger partial charge on any atom is -0.350 e. The molecule has 1 N–H and O–H groups in total. The van der Waals surface area contributed by atoms with E-state index in [0.717, 1.165) is 19.1 Å². The highest BCUT2D eigenvalue weighted by molar-refractivity contribution is 5.93. The first-order valence-electron chi connectivity index (χ1n) is 8.63. The van der Waals surface area contributed by atoms with Gasteiger partial charge in [0.15, 0.2) is 11.6 Å². The van der Waals surface area contributed by atoms with Crippen molar-refractivity contribution in [2.24, 2.45) is 0 Å². The van der Waals surface area contributed by atoms with Gasteiger partial charge in [-0.2, -0.15) is 13.2 Å². The fourth-order valence-electron chi connectivity index (χ4n) is 2.88. The lowest BCUT2D eigenvalue weighted by molar-refractivity contribution is -0.149. The number of carbonyl (C=O) groups is 2. The molecule has 1 aromatic heterocycles. The van der Waals surface area contributed by atoms with Gasteiger partial charge in [0.05, 0.1) is 18.7 Å². The molecule has 29 heavy (non-hydrogen) atoms. The van der Waals surface area contributed by atoms with Crippen LogP contribution >= 0.6 is 0 Å². The minimum absolute atomic E-state index is 0.0928. The number of rotatable bonds is 4. The van der Waals surface area contributed by atoms with Gasteiger partial charge in [0.1, 0.15) is 6.04 Å². The zero-order valence-corrected chi connectivity index (χ0v) is 15.1. The van der Waals surface area contributed by atoms with Crippen LogP contribution in [0.25, 0.3) is 0 Å². The Labute approximate surface area is 161 Å². The summed E-state index contributed by atoms with van der Waals surface area (Å²) in [6.07, 6.45) is -4.59. The van der Waals surface area contributed by atoms with Crippen LogP contribution in [0.3, 0.4) is 0 Å². The monoisotopic (exact) mass is 417 g/mol. The Morgan fingerprint density at radius 3 is 2.66 bits per heavy atom. The van der Waals surface area contributed by atoms with Crippen LogP contribution in [0.4, 0.5) is 22.0 Å². The lowest BCUT2D eigenvalue weighted by Gasteiger charge is -2.26. The van der Waals surface area contributed by atoms with E-state index in [4.69, 9.17) is 4.52 Å². The van der Waals surface area contributed by atoms with Gasteiger partial charge in [0.25, 0.3) is 5.91 Å². The SMILES string of the molecule is C[C@@H](NC(=O)c1onc2c1CN(C(=O)Cc1ccc(F)c(F)c1)CC2)C(F)(F)F. The lowest BCUT2D eigenvalue weighted by atomic mass is 10.0. The van der Waals surface area contributed by atoms with Crippen molar-refractivity contribution in [3.8, 4) is 0 Å². The molecule has 3 rings (SSSR count). The number of hydrogen-bond donors (Lipinski definition) is 1. The molecule has 2 amide bonds. The molecular weight excluding hydrogens is 401 g/mol. The molecule has 1 aliphatic heterocycles. The highest BCUT2D eigenvalue weighted by Crippen LogP contribution is 2.25. The third-order valence-electron chi connectivity index (χ3n) is 4.57. The lowest BCUT2D eigenvalue weighted by Crippen LogP contribution is -2.43. The van der Waals surface area contributed by atoms with E-state index >= 15 is 0 Å². The molecule has 0 radical (unpaired) electrons. The number of aromatic nitrogens is 1. The van der Waals surface area contributed by atoms with Gasteiger partial charge in [-0.15, -0.1) is 0 Å². The Kier molecular flexibility index (Phi) is 5.58.